The molecular weight excluding hydrogens is 435 g/mol. The average Bonchev–Trinajstić information content (AvgIpc) is 3.18. The van der Waals surface area contributed by atoms with Gasteiger partial charge in [-0.3, -0.25) is 4.90 Å². The second-order valence-electron chi connectivity index (χ2n) is 8.27. The molecule has 3 aromatic rings. The summed E-state index contributed by atoms with van der Waals surface area (Å²) in [5.41, 5.74) is 2.26. The van der Waals surface area contributed by atoms with E-state index in [1.54, 1.807) is 12.1 Å². The lowest BCUT2D eigenvalue weighted by atomic mass is 9.95. The lowest BCUT2D eigenvalue weighted by molar-refractivity contribution is -0.139. The quantitative estimate of drug-likeness (QED) is 0.521. The zero-order valence-corrected chi connectivity index (χ0v) is 18.1. The number of halogens is 3. The number of benzene rings is 2. The molecule has 5 nitrogen and oxygen atoms in total. The largest absolute Gasteiger partial charge is 0.482 e. The van der Waals surface area contributed by atoms with Crippen LogP contribution in [-0.2, 0) is 23.9 Å². The van der Waals surface area contributed by atoms with Crippen LogP contribution < -0.4 is 4.74 Å². The van der Waals surface area contributed by atoms with Crippen LogP contribution >= 0.6 is 0 Å². The topological polar surface area (TPSA) is 62.9 Å². The zero-order chi connectivity index (χ0) is 23.6. The van der Waals surface area contributed by atoms with Crippen molar-refractivity contribution in [1.29, 1.82) is 0 Å². The minimum atomic E-state index is -4.36. The predicted molar refractivity (Wildman–Crippen MR) is 116 cm³/mol. The van der Waals surface area contributed by atoms with Crippen LogP contribution in [0.1, 0.15) is 35.3 Å². The van der Waals surface area contributed by atoms with E-state index in [2.05, 4.69) is 11.8 Å². The van der Waals surface area contributed by atoms with Crippen LogP contribution in [0.4, 0.5) is 13.2 Å². The number of alkyl halides is 3. The summed E-state index contributed by atoms with van der Waals surface area (Å²) < 4.78 is 49.6. The minimum absolute atomic E-state index is 0.209. The first-order valence-electron chi connectivity index (χ1n) is 10.6. The number of fused-ring (bicyclic) bond motifs is 1. The summed E-state index contributed by atoms with van der Waals surface area (Å²) in [6.07, 6.45) is -3.53. The summed E-state index contributed by atoms with van der Waals surface area (Å²) in [7, 11) is 0. The zero-order valence-electron chi connectivity index (χ0n) is 18.1. The van der Waals surface area contributed by atoms with Crippen LogP contribution in [0.3, 0.4) is 0 Å². The molecule has 0 amide bonds. The minimum Gasteiger partial charge on any atom is -0.482 e. The molecule has 2 heterocycles. The van der Waals surface area contributed by atoms with Crippen LogP contribution in [0.25, 0.3) is 11.3 Å². The molecule has 1 aromatic heterocycles. The Morgan fingerprint density at radius 1 is 1.15 bits per heavy atom. The Bertz CT molecular complexity index is 1120. The number of carboxylic acids is 1. The molecule has 1 unspecified atom stereocenters. The van der Waals surface area contributed by atoms with E-state index in [1.165, 1.54) is 17.7 Å². The summed E-state index contributed by atoms with van der Waals surface area (Å²) in [5.74, 6) is 1.01. The monoisotopic (exact) mass is 459 g/mol. The van der Waals surface area contributed by atoms with Crippen LogP contribution in [0.15, 0.2) is 59.0 Å². The van der Waals surface area contributed by atoms with Crippen molar-refractivity contribution >= 4 is 5.97 Å². The van der Waals surface area contributed by atoms with E-state index in [4.69, 9.17) is 14.3 Å². The maximum Gasteiger partial charge on any atom is 0.416 e. The highest BCUT2D eigenvalue weighted by atomic mass is 19.4. The second kappa shape index (κ2) is 9.31. The summed E-state index contributed by atoms with van der Waals surface area (Å²) in [4.78, 5) is 13.0. The molecule has 0 spiro atoms. The molecule has 0 saturated carbocycles. The molecule has 0 bridgehead atoms. The summed E-state index contributed by atoms with van der Waals surface area (Å²) in [6.45, 7) is 3.93. The fourth-order valence-electron chi connectivity index (χ4n) is 4.16. The maximum absolute atomic E-state index is 12.8. The van der Waals surface area contributed by atoms with Crippen molar-refractivity contribution in [1.82, 2.24) is 4.90 Å². The van der Waals surface area contributed by atoms with Gasteiger partial charge in [-0.25, -0.2) is 4.79 Å². The van der Waals surface area contributed by atoms with Gasteiger partial charge in [0.15, 0.2) is 6.61 Å². The van der Waals surface area contributed by atoms with E-state index >= 15 is 0 Å². The van der Waals surface area contributed by atoms with E-state index in [0.29, 0.717) is 23.6 Å². The average molecular weight is 459 g/mol. The molecule has 33 heavy (non-hydrogen) atoms. The smallest absolute Gasteiger partial charge is 0.416 e. The van der Waals surface area contributed by atoms with Crippen LogP contribution in [0, 0.1) is 0 Å². The molecule has 0 aliphatic carbocycles. The maximum atomic E-state index is 12.8. The first-order valence-corrected chi connectivity index (χ1v) is 10.6. The Balaban J connectivity index is 1.42. The van der Waals surface area contributed by atoms with Crippen molar-refractivity contribution in [2.45, 2.75) is 32.0 Å². The second-order valence-corrected chi connectivity index (χ2v) is 8.27. The Morgan fingerprint density at radius 2 is 1.91 bits per heavy atom. The van der Waals surface area contributed by atoms with Gasteiger partial charge in [0.2, 0.25) is 0 Å². The van der Waals surface area contributed by atoms with Crippen molar-refractivity contribution in [3.8, 4) is 17.1 Å². The lowest BCUT2D eigenvalue weighted by Crippen LogP contribution is -2.27. The van der Waals surface area contributed by atoms with Gasteiger partial charge in [-0.15, -0.1) is 0 Å². The van der Waals surface area contributed by atoms with Gasteiger partial charge in [0.1, 0.15) is 17.3 Å². The van der Waals surface area contributed by atoms with Crippen molar-refractivity contribution in [2.75, 3.05) is 19.7 Å². The fourth-order valence-corrected chi connectivity index (χ4v) is 4.16. The molecule has 1 N–H and O–H groups in total. The van der Waals surface area contributed by atoms with E-state index < -0.39 is 17.7 Å². The molecule has 1 aliphatic rings. The number of rotatable bonds is 6. The molecule has 2 aromatic carbocycles. The Hall–Kier alpha value is -3.26. The number of carboxylic acid groups (broad SMARTS) is 1. The van der Waals surface area contributed by atoms with Gasteiger partial charge >= 0.3 is 12.1 Å². The van der Waals surface area contributed by atoms with E-state index in [9.17, 15) is 18.0 Å². The number of furan rings is 1. The number of aliphatic carboxylic acids is 1. The highest BCUT2D eigenvalue weighted by Gasteiger charge is 2.30. The van der Waals surface area contributed by atoms with Gasteiger partial charge in [-0.05, 0) is 59.9 Å². The Kier molecular flexibility index (Phi) is 6.47. The standard InChI is InChI=1S/C25H24F3NO4/c1-16-13-29(11-10-17-4-7-20(12-22(16)17)32-15-24(30)31)14-21-8-9-23(33-21)18-2-5-19(6-3-18)25(26,27)28/h2-9,12,16H,10-11,13-15H2,1H3,(H,30,31). The molecule has 8 heteroatoms. The third-order valence-electron chi connectivity index (χ3n) is 5.78. The van der Waals surface area contributed by atoms with Crippen LogP contribution in [-0.4, -0.2) is 35.7 Å². The highest BCUT2D eigenvalue weighted by molar-refractivity contribution is 5.68. The van der Waals surface area contributed by atoms with Crippen LogP contribution in [0.5, 0.6) is 5.75 Å². The SMILES string of the molecule is CC1CN(Cc2ccc(-c3ccc(C(F)(F)F)cc3)o2)CCc2ccc(OCC(=O)O)cc21. The normalized spacial score (nSPS) is 16.8. The molecule has 1 atom stereocenters. The third-order valence-corrected chi connectivity index (χ3v) is 5.78. The Labute approximate surface area is 189 Å². The van der Waals surface area contributed by atoms with Crippen molar-refractivity contribution < 1.29 is 32.2 Å². The van der Waals surface area contributed by atoms with Crippen LogP contribution in [0.2, 0.25) is 0 Å². The number of carbonyl (C=O) groups is 1. The lowest BCUT2D eigenvalue weighted by Gasteiger charge is -2.21. The highest BCUT2D eigenvalue weighted by Crippen LogP contribution is 2.32. The van der Waals surface area contributed by atoms with Gasteiger partial charge in [0.05, 0.1) is 12.1 Å². The van der Waals surface area contributed by atoms with Crippen molar-refractivity contribution in [3.05, 3.63) is 77.0 Å². The molecule has 174 valence electrons. The van der Waals surface area contributed by atoms with E-state index in [0.717, 1.165) is 43.0 Å². The van der Waals surface area contributed by atoms with Gasteiger partial charge in [-0.2, -0.15) is 13.2 Å². The summed E-state index contributed by atoms with van der Waals surface area (Å²) >= 11 is 0. The van der Waals surface area contributed by atoms with Gasteiger partial charge in [-0.1, -0.05) is 25.1 Å². The first-order chi connectivity index (χ1) is 15.7. The number of ether oxygens (including phenoxy) is 1. The fraction of sp³-hybridized carbons (Fsp3) is 0.320. The Morgan fingerprint density at radius 3 is 2.61 bits per heavy atom. The van der Waals surface area contributed by atoms with Gasteiger partial charge < -0.3 is 14.3 Å². The van der Waals surface area contributed by atoms with Gasteiger partial charge in [0.25, 0.3) is 0 Å². The molecule has 0 saturated heterocycles. The molecule has 0 fully saturated rings. The first kappa shape index (κ1) is 22.9. The number of hydrogen-bond donors (Lipinski definition) is 1. The molecule has 1 aliphatic heterocycles. The molecule has 0 radical (unpaired) electrons. The summed E-state index contributed by atoms with van der Waals surface area (Å²) in [5, 5.41) is 8.82. The van der Waals surface area contributed by atoms with E-state index in [1.807, 2.05) is 18.2 Å². The van der Waals surface area contributed by atoms with Crippen molar-refractivity contribution in [3.63, 3.8) is 0 Å². The predicted octanol–water partition coefficient (Wildman–Crippen LogP) is 5.59. The molecular formula is C25H24F3NO4. The number of hydrogen-bond acceptors (Lipinski definition) is 4. The van der Waals surface area contributed by atoms with Crippen molar-refractivity contribution in [2.24, 2.45) is 0 Å². The van der Waals surface area contributed by atoms with Gasteiger partial charge in [0, 0.05) is 18.7 Å². The number of nitrogens with zero attached hydrogens (tertiary/aromatic N) is 1. The molecule has 4 rings (SSSR count). The summed E-state index contributed by atoms with van der Waals surface area (Å²) in [6, 6.07) is 14.3. The third kappa shape index (κ3) is 5.57. The van der Waals surface area contributed by atoms with E-state index in [-0.39, 0.29) is 12.5 Å².